The average molecular weight is 287 g/mol. The van der Waals surface area contributed by atoms with Gasteiger partial charge in [0.2, 0.25) is 0 Å². The number of benzene rings is 1. The third-order valence-electron chi connectivity index (χ3n) is 2.12. The number of halogens is 2. The van der Waals surface area contributed by atoms with Crippen LogP contribution in [-0.2, 0) is 10.0 Å². The number of sulfonamides is 1. The Morgan fingerprint density at radius 2 is 2.06 bits per heavy atom. The summed E-state index contributed by atoms with van der Waals surface area (Å²) in [5.41, 5.74) is 0.142. The number of hydrogen-bond donors (Lipinski definition) is 1. The molecule has 0 aliphatic heterocycles. The summed E-state index contributed by atoms with van der Waals surface area (Å²) in [7, 11) is -3.87. The van der Waals surface area contributed by atoms with E-state index in [-0.39, 0.29) is 15.6 Å². The number of hydrogen-bond acceptors (Lipinski definition) is 3. The molecule has 2 aromatic rings. The molecule has 0 atom stereocenters. The van der Waals surface area contributed by atoms with Crippen molar-refractivity contribution in [1.82, 2.24) is 4.98 Å². The van der Waals surface area contributed by atoms with Gasteiger partial charge in [0.25, 0.3) is 10.0 Å². The minimum absolute atomic E-state index is 0.142. The van der Waals surface area contributed by atoms with Gasteiger partial charge in [-0.3, -0.25) is 9.71 Å². The summed E-state index contributed by atoms with van der Waals surface area (Å²) in [6, 6.07) is 6.14. The van der Waals surface area contributed by atoms with Crippen LogP contribution in [0.5, 0.6) is 0 Å². The molecule has 7 heteroatoms. The molecule has 2 rings (SSSR count). The van der Waals surface area contributed by atoms with E-state index in [1.807, 2.05) is 0 Å². The van der Waals surface area contributed by atoms with Crippen molar-refractivity contribution in [3.63, 3.8) is 0 Å². The molecule has 0 aliphatic carbocycles. The zero-order valence-electron chi connectivity index (χ0n) is 8.97. The number of nitrogens with one attached hydrogen (secondary N) is 1. The Balaban J connectivity index is 2.37. The molecule has 0 unspecified atom stereocenters. The Bertz CT molecular complexity index is 676. The lowest BCUT2D eigenvalue weighted by atomic mass is 10.4. The van der Waals surface area contributed by atoms with Gasteiger partial charge in [-0.25, -0.2) is 12.8 Å². The van der Waals surface area contributed by atoms with E-state index in [2.05, 4.69) is 9.71 Å². The smallest absolute Gasteiger partial charge is 0.262 e. The second-order valence-electron chi connectivity index (χ2n) is 3.42. The van der Waals surface area contributed by atoms with Crippen LogP contribution < -0.4 is 4.72 Å². The van der Waals surface area contributed by atoms with Crippen LogP contribution in [-0.4, -0.2) is 13.4 Å². The van der Waals surface area contributed by atoms with Gasteiger partial charge >= 0.3 is 0 Å². The SMILES string of the molecule is O=S(=O)(Nc1cnccc1Cl)c1cccc(F)c1. The Hall–Kier alpha value is -1.66. The van der Waals surface area contributed by atoms with Gasteiger partial charge in [0.15, 0.2) is 0 Å². The van der Waals surface area contributed by atoms with E-state index in [1.165, 1.54) is 30.6 Å². The highest BCUT2D eigenvalue weighted by atomic mass is 35.5. The van der Waals surface area contributed by atoms with Crippen LogP contribution in [0, 0.1) is 5.82 Å². The number of anilines is 1. The first kappa shape index (κ1) is 12.8. The summed E-state index contributed by atoms with van der Waals surface area (Å²) in [4.78, 5) is 3.58. The molecule has 94 valence electrons. The molecular formula is C11H8ClFN2O2S. The fraction of sp³-hybridized carbons (Fsp3) is 0. The van der Waals surface area contributed by atoms with E-state index in [1.54, 1.807) is 0 Å². The minimum atomic E-state index is -3.87. The molecule has 0 bridgehead atoms. The van der Waals surface area contributed by atoms with Gasteiger partial charge in [0, 0.05) is 6.20 Å². The van der Waals surface area contributed by atoms with E-state index in [0.29, 0.717) is 0 Å². The second kappa shape index (κ2) is 4.91. The van der Waals surface area contributed by atoms with Gasteiger partial charge in [-0.2, -0.15) is 0 Å². The summed E-state index contributed by atoms with van der Waals surface area (Å²) < 4.78 is 39.1. The number of rotatable bonds is 3. The van der Waals surface area contributed by atoms with E-state index < -0.39 is 15.8 Å². The number of pyridine rings is 1. The first-order chi connectivity index (χ1) is 8.49. The Morgan fingerprint density at radius 1 is 1.28 bits per heavy atom. The van der Waals surface area contributed by atoms with Crippen LogP contribution in [0.3, 0.4) is 0 Å². The van der Waals surface area contributed by atoms with E-state index in [0.717, 1.165) is 12.1 Å². The van der Waals surface area contributed by atoms with Crippen LogP contribution in [0.4, 0.5) is 10.1 Å². The molecule has 0 aliphatic rings. The first-order valence-electron chi connectivity index (χ1n) is 4.87. The molecule has 0 saturated carbocycles. The lowest BCUT2D eigenvalue weighted by Gasteiger charge is -2.08. The summed E-state index contributed by atoms with van der Waals surface area (Å²) >= 11 is 5.81. The predicted molar refractivity (Wildman–Crippen MR) is 66.5 cm³/mol. The molecule has 0 saturated heterocycles. The molecule has 4 nitrogen and oxygen atoms in total. The quantitative estimate of drug-likeness (QED) is 0.944. The highest BCUT2D eigenvalue weighted by Crippen LogP contribution is 2.23. The van der Waals surface area contributed by atoms with Crippen LogP contribution in [0.1, 0.15) is 0 Å². The van der Waals surface area contributed by atoms with E-state index in [4.69, 9.17) is 11.6 Å². The van der Waals surface area contributed by atoms with E-state index in [9.17, 15) is 12.8 Å². The van der Waals surface area contributed by atoms with Crippen molar-refractivity contribution in [3.05, 3.63) is 53.6 Å². The monoisotopic (exact) mass is 286 g/mol. The maximum Gasteiger partial charge on any atom is 0.262 e. The lowest BCUT2D eigenvalue weighted by Crippen LogP contribution is -2.13. The van der Waals surface area contributed by atoms with Crippen molar-refractivity contribution >= 4 is 27.3 Å². The molecule has 1 aromatic heterocycles. The van der Waals surface area contributed by atoms with Gasteiger partial charge in [-0.15, -0.1) is 0 Å². The topological polar surface area (TPSA) is 59.1 Å². The van der Waals surface area contributed by atoms with Gasteiger partial charge in [-0.05, 0) is 24.3 Å². The van der Waals surface area contributed by atoms with Crippen LogP contribution in [0.25, 0.3) is 0 Å². The van der Waals surface area contributed by atoms with Crippen LogP contribution >= 0.6 is 11.6 Å². The molecule has 0 fully saturated rings. The Labute approximate surface area is 108 Å². The van der Waals surface area contributed by atoms with Crippen molar-refractivity contribution in [3.8, 4) is 0 Å². The van der Waals surface area contributed by atoms with Gasteiger partial charge in [0.05, 0.1) is 21.8 Å². The van der Waals surface area contributed by atoms with E-state index >= 15 is 0 Å². The lowest BCUT2D eigenvalue weighted by molar-refractivity contribution is 0.595. The highest BCUT2D eigenvalue weighted by Gasteiger charge is 2.16. The fourth-order valence-electron chi connectivity index (χ4n) is 1.29. The summed E-state index contributed by atoms with van der Waals surface area (Å²) in [5.74, 6) is -0.629. The highest BCUT2D eigenvalue weighted by molar-refractivity contribution is 7.92. The Kier molecular flexibility index (Phi) is 3.49. The molecule has 0 radical (unpaired) electrons. The third kappa shape index (κ3) is 2.77. The zero-order valence-corrected chi connectivity index (χ0v) is 10.5. The summed E-state index contributed by atoms with van der Waals surface area (Å²) in [6.07, 6.45) is 2.71. The van der Waals surface area contributed by atoms with Crippen LogP contribution in [0.15, 0.2) is 47.6 Å². The van der Waals surface area contributed by atoms with Gasteiger partial charge in [0.1, 0.15) is 5.82 Å². The van der Waals surface area contributed by atoms with Crippen molar-refractivity contribution in [1.29, 1.82) is 0 Å². The van der Waals surface area contributed by atoms with Crippen molar-refractivity contribution in [2.75, 3.05) is 4.72 Å². The maximum absolute atomic E-state index is 13.0. The van der Waals surface area contributed by atoms with Gasteiger partial charge < -0.3 is 0 Å². The van der Waals surface area contributed by atoms with Crippen molar-refractivity contribution < 1.29 is 12.8 Å². The maximum atomic E-state index is 13.0. The average Bonchev–Trinajstić information content (AvgIpc) is 2.32. The molecule has 1 N–H and O–H groups in total. The Morgan fingerprint density at radius 3 is 2.72 bits per heavy atom. The van der Waals surface area contributed by atoms with Gasteiger partial charge in [-0.1, -0.05) is 17.7 Å². The third-order valence-corrected chi connectivity index (χ3v) is 3.81. The number of aromatic nitrogens is 1. The number of nitrogens with zero attached hydrogens (tertiary/aromatic N) is 1. The summed E-state index contributed by atoms with van der Waals surface area (Å²) in [6.45, 7) is 0. The first-order valence-corrected chi connectivity index (χ1v) is 6.73. The molecule has 0 spiro atoms. The van der Waals surface area contributed by atoms with Crippen molar-refractivity contribution in [2.45, 2.75) is 4.90 Å². The fourth-order valence-corrected chi connectivity index (χ4v) is 2.59. The molecular weight excluding hydrogens is 279 g/mol. The zero-order chi connectivity index (χ0) is 13.2. The molecule has 1 heterocycles. The minimum Gasteiger partial charge on any atom is -0.277 e. The molecule has 1 aromatic carbocycles. The molecule has 0 amide bonds. The largest absolute Gasteiger partial charge is 0.277 e. The second-order valence-corrected chi connectivity index (χ2v) is 5.51. The predicted octanol–water partition coefficient (Wildman–Crippen LogP) is 2.67. The summed E-state index contributed by atoms with van der Waals surface area (Å²) in [5, 5.41) is 0.213. The normalized spacial score (nSPS) is 11.2. The molecule has 18 heavy (non-hydrogen) atoms. The van der Waals surface area contributed by atoms with Crippen LogP contribution in [0.2, 0.25) is 5.02 Å². The standard InChI is InChI=1S/C11H8ClFN2O2S/c12-10-4-5-14-7-11(10)15-18(16,17)9-3-1-2-8(13)6-9/h1-7,15H. The van der Waals surface area contributed by atoms with Crippen molar-refractivity contribution in [2.24, 2.45) is 0 Å².